The third-order valence-electron chi connectivity index (χ3n) is 4.35. The standard InChI is InChI=1S/C16H21N5O/c1-20-6-8-21(9-7-20)15-10-13(4-5-18-15)16(22)19-14(11-17)12-2-3-12/h4-5,10,12,14H,2-3,6-9H2,1H3,(H,19,22)/t14-/m0/s1. The Kier molecular flexibility index (Phi) is 4.25. The topological polar surface area (TPSA) is 72.3 Å². The smallest absolute Gasteiger partial charge is 0.252 e. The van der Waals surface area contributed by atoms with Crippen LogP contribution in [-0.4, -0.2) is 55.1 Å². The van der Waals surface area contributed by atoms with Crippen molar-refractivity contribution in [2.45, 2.75) is 18.9 Å². The number of likely N-dealkylation sites (N-methyl/N-ethyl adjacent to an activating group) is 1. The Morgan fingerprint density at radius 1 is 1.41 bits per heavy atom. The minimum atomic E-state index is -0.368. The number of nitriles is 1. The molecule has 116 valence electrons. The molecule has 1 aliphatic carbocycles. The molecule has 2 fully saturated rings. The fraction of sp³-hybridized carbons (Fsp3) is 0.562. The molecule has 0 aromatic carbocycles. The van der Waals surface area contributed by atoms with Crippen molar-refractivity contribution >= 4 is 11.7 Å². The minimum Gasteiger partial charge on any atom is -0.354 e. The first-order valence-corrected chi connectivity index (χ1v) is 7.77. The van der Waals surface area contributed by atoms with Crippen molar-refractivity contribution in [3.8, 4) is 6.07 Å². The maximum Gasteiger partial charge on any atom is 0.252 e. The summed E-state index contributed by atoms with van der Waals surface area (Å²) in [7, 11) is 2.11. The molecule has 1 aromatic heterocycles. The minimum absolute atomic E-state index is 0.184. The number of pyridine rings is 1. The third-order valence-corrected chi connectivity index (χ3v) is 4.35. The van der Waals surface area contributed by atoms with Gasteiger partial charge in [-0.3, -0.25) is 4.79 Å². The molecule has 0 spiro atoms. The Balaban J connectivity index is 1.68. The van der Waals surface area contributed by atoms with Gasteiger partial charge < -0.3 is 15.1 Å². The summed E-state index contributed by atoms with van der Waals surface area (Å²) in [5, 5.41) is 12.0. The fourth-order valence-corrected chi connectivity index (χ4v) is 2.68. The van der Waals surface area contributed by atoms with Crippen LogP contribution in [0, 0.1) is 17.2 Å². The van der Waals surface area contributed by atoms with E-state index in [1.807, 2.05) is 6.07 Å². The lowest BCUT2D eigenvalue weighted by atomic mass is 10.1. The van der Waals surface area contributed by atoms with Gasteiger partial charge in [0.05, 0.1) is 6.07 Å². The largest absolute Gasteiger partial charge is 0.354 e. The third kappa shape index (κ3) is 3.37. The number of hydrogen-bond donors (Lipinski definition) is 1. The summed E-state index contributed by atoms with van der Waals surface area (Å²) in [6.07, 6.45) is 3.73. The van der Waals surface area contributed by atoms with Crippen LogP contribution in [-0.2, 0) is 0 Å². The lowest BCUT2D eigenvalue weighted by Gasteiger charge is -2.33. The van der Waals surface area contributed by atoms with Crippen LogP contribution < -0.4 is 10.2 Å². The second-order valence-electron chi connectivity index (χ2n) is 6.11. The van der Waals surface area contributed by atoms with Crippen LogP contribution >= 0.6 is 0 Å². The summed E-state index contributed by atoms with van der Waals surface area (Å²) in [5.41, 5.74) is 0.574. The van der Waals surface area contributed by atoms with E-state index in [0.717, 1.165) is 44.8 Å². The van der Waals surface area contributed by atoms with Crippen LogP contribution in [0.1, 0.15) is 23.2 Å². The zero-order chi connectivity index (χ0) is 15.5. The van der Waals surface area contributed by atoms with Crippen molar-refractivity contribution in [2.75, 3.05) is 38.1 Å². The zero-order valence-corrected chi connectivity index (χ0v) is 12.8. The molecule has 1 aromatic rings. The molecule has 0 unspecified atom stereocenters. The summed E-state index contributed by atoms with van der Waals surface area (Å²) in [6, 6.07) is 5.34. The van der Waals surface area contributed by atoms with Crippen LogP contribution in [0.25, 0.3) is 0 Å². The summed E-state index contributed by atoms with van der Waals surface area (Å²) in [5.74, 6) is 0.977. The van der Waals surface area contributed by atoms with Crippen molar-refractivity contribution in [3.05, 3.63) is 23.9 Å². The molecule has 1 N–H and O–H groups in total. The van der Waals surface area contributed by atoms with Gasteiger partial charge in [0, 0.05) is 37.9 Å². The van der Waals surface area contributed by atoms with E-state index in [0.29, 0.717) is 11.5 Å². The van der Waals surface area contributed by atoms with Gasteiger partial charge in [-0.1, -0.05) is 0 Å². The van der Waals surface area contributed by atoms with Gasteiger partial charge in [-0.2, -0.15) is 5.26 Å². The van der Waals surface area contributed by atoms with E-state index >= 15 is 0 Å². The van der Waals surface area contributed by atoms with Gasteiger partial charge in [-0.05, 0) is 37.9 Å². The molecule has 1 amide bonds. The van der Waals surface area contributed by atoms with Gasteiger partial charge in [0.1, 0.15) is 11.9 Å². The Morgan fingerprint density at radius 2 is 2.14 bits per heavy atom. The van der Waals surface area contributed by atoms with Crippen molar-refractivity contribution in [3.63, 3.8) is 0 Å². The van der Waals surface area contributed by atoms with E-state index in [-0.39, 0.29) is 11.9 Å². The number of rotatable bonds is 4. The van der Waals surface area contributed by atoms with E-state index in [2.05, 4.69) is 33.2 Å². The SMILES string of the molecule is CN1CCN(c2cc(C(=O)N[C@@H](C#N)C3CC3)ccn2)CC1. The molecule has 6 nitrogen and oxygen atoms in total. The van der Waals surface area contributed by atoms with E-state index in [9.17, 15) is 4.79 Å². The highest BCUT2D eigenvalue weighted by Gasteiger charge is 2.32. The molecule has 1 saturated heterocycles. The van der Waals surface area contributed by atoms with Gasteiger partial charge >= 0.3 is 0 Å². The molecule has 2 aliphatic rings. The number of aromatic nitrogens is 1. The predicted molar refractivity (Wildman–Crippen MR) is 83.5 cm³/mol. The molecule has 22 heavy (non-hydrogen) atoms. The number of piperazine rings is 1. The average molecular weight is 299 g/mol. The number of carbonyl (C=O) groups is 1. The molecular weight excluding hydrogens is 278 g/mol. The van der Waals surface area contributed by atoms with Gasteiger partial charge in [0.25, 0.3) is 5.91 Å². The average Bonchev–Trinajstić information content (AvgIpc) is 3.38. The second kappa shape index (κ2) is 6.32. The molecule has 3 rings (SSSR count). The van der Waals surface area contributed by atoms with Gasteiger partial charge in [-0.25, -0.2) is 4.98 Å². The first-order valence-electron chi connectivity index (χ1n) is 7.77. The predicted octanol–water partition coefficient (Wildman–Crippen LogP) is 0.865. The molecule has 0 bridgehead atoms. The summed E-state index contributed by atoms with van der Waals surface area (Å²) < 4.78 is 0. The first-order chi connectivity index (χ1) is 10.7. The van der Waals surface area contributed by atoms with E-state index in [1.165, 1.54) is 0 Å². The second-order valence-corrected chi connectivity index (χ2v) is 6.11. The van der Waals surface area contributed by atoms with Crippen molar-refractivity contribution < 1.29 is 4.79 Å². The van der Waals surface area contributed by atoms with E-state index < -0.39 is 0 Å². The molecule has 1 aliphatic heterocycles. The quantitative estimate of drug-likeness (QED) is 0.893. The van der Waals surface area contributed by atoms with Crippen LogP contribution in [0.3, 0.4) is 0 Å². The highest BCUT2D eigenvalue weighted by atomic mass is 16.1. The molecule has 1 atom stereocenters. The van der Waals surface area contributed by atoms with Crippen LogP contribution in [0.2, 0.25) is 0 Å². The number of hydrogen-bond acceptors (Lipinski definition) is 5. The number of nitrogens with zero attached hydrogens (tertiary/aromatic N) is 4. The highest BCUT2D eigenvalue weighted by Crippen LogP contribution is 2.32. The van der Waals surface area contributed by atoms with E-state index in [1.54, 1.807) is 12.3 Å². The normalized spacial score (nSPS) is 20.3. The number of nitrogens with one attached hydrogen (secondary N) is 1. The maximum absolute atomic E-state index is 12.3. The van der Waals surface area contributed by atoms with Crippen molar-refractivity contribution in [1.29, 1.82) is 5.26 Å². The van der Waals surface area contributed by atoms with Gasteiger partial charge in [0.15, 0.2) is 0 Å². The van der Waals surface area contributed by atoms with Gasteiger partial charge in [-0.15, -0.1) is 0 Å². The maximum atomic E-state index is 12.3. The molecule has 6 heteroatoms. The highest BCUT2D eigenvalue weighted by molar-refractivity contribution is 5.95. The number of carbonyl (C=O) groups excluding carboxylic acids is 1. The van der Waals surface area contributed by atoms with Crippen molar-refractivity contribution in [1.82, 2.24) is 15.2 Å². The number of amides is 1. The lowest BCUT2D eigenvalue weighted by molar-refractivity contribution is 0.0942. The summed E-state index contributed by atoms with van der Waals surface area (Å²) >= 11 is 0. The fourth-order valence-electron chi connectivity index (χ4n) is 2.68. The lowest BCUT2D eigenvalue weighted by Crippen LogP contribution is -2.45. The first kappa shape index (κ1) is 14.8. The Hall–Kier alpha value is -2.13. The van der Waals surface area contributed by atoms with Crippen LogP contribution in [0.5, 0.6) is 0 Å². The molecule has 0 radical (unpaired) electrons. The number of anilines is 1. The van der Waals surface area contributed by atoms with Crippen LogP contribution in [0.15, 0.2) is 18.3 Å². The Bertz CT molecular complexity index is 584. The zero-order valence-electron chi connectivity index (χ0n) is 12.8. The Labute approximate surface area is 130 Å². The van der Waals surface area contributed by atoms with Gasteiger partial charge in [0.2, 0.25) is 0 Å². The summed E-state index contributed by atoms with van der Waals surface area (Å²) in [6.45, 7) is 3.82. The summed E-state index contributed by atoms with van der Waals surface area (Å²) in [4.78, 5) is 21.2. The molecule has 1 saturated carbocycles. The van der Waals surface area contributed by atoms with Crippen LogP contribution in [0.4, 0.5) is 5.82 Å². The molecular formula is C16H21N5O. The monoisotopic (exact) mass is 299 g/mol. The molecule has 2 heterocycles. The Morgan fingerprint density at radius 3 is 2.77 bits per heavy atom. The van der Waals surface area contributed by atoms with Crippen molar-refractivity contribution in [2.24, 2.45) is 5.92 Å². The van der Waals surface area contributed by atoms with E-state index in [4.69, 9.17) is 5.26 Å².